The van der Waals surface area contributed by atoms with E-state index in [2.05, 4.69) is 12.1 Å². The van der Waals surface area contributed by atoms with Crippen molar-refractivity contribution in [3.05, 3.63) is 65.2 Å². The van der Waals surface area contributed by atoms with E-state index >= 15 is 0 Å². The molecule has 0 spiro atoms. The molecule has 0 saturated carbocycles. The van der Waals surface area contributed by atoms with Crippen LogP contribution in [0.2, 0.25) is 0 Å². The van der Waals surface area contributed by atoms with Crippen LogP contribution in [0.15, 0.2) is 53.4 Å². The maximum absolute atomic E-state index is 13.2. The molecule has 1 fully saturated rings. The summed E-state index contributed by atoms with van der Waals surface area (Å²) in [7, 11) is -1.82. The lowest BCUT2D eigenvalue weighted by Crippen LogP contribution is -2.44. The van der Waals surface area contributed by atoms with Crippen LogP contribution < -0.4 is 0 Å². The molecular formula is C25H30N2O5S. The zero-order valence-corrected chi connectivity index (χ0v) is 19.9. The van der Waals surface area contributed by atoms with Crippen molar-refractivity contribution in [1.29, 1.82) is 0 Å². The molecule has 1 aliphatic heterocycles. The van der Waals surface area contributed by atoms with Gasteiger partial charge in [-0.25, -0.2) is 13.2 Å². The number of amides is 1. The molecule has 1 heterocycles. The van der Waals surface area contributed by atoms with Crippen molar-refractivity contribution >= 4 is 21.9 Å². The summed E-state index contributed by atoms with van der Waals surface area (Å²) in [6.45, 7) is 2.57. The Morgan fingerprint density at radius 3 is 2.36 bits per heavy atom. The number of sulfonamides is 1. The van der Waals surface area contributed by atoms with E-state index in [0.29, 0.717) is 31.5 Å². The van der Waals surface area contributed by atoms with Gasteiger partial charge in [0.2, 0.25) is 15.9 Å². The number of aryl methyl sites for hydroxylation is 1. The molecule has 7 nitrogen and oxygen atoms in total. The van der Waals surface area contributed by atoms with Crippen LogP contribution in [0.4, 0.5) is 0 Å². The van der Waals surface area contributed by atoms with E-state index in [9.17, 15) is 18.0 Å². The van der Waals surface area contributed by atoms with Gasteiger partial charge in [0.05, 0.1) is 23.1 Å². The SMILES string of the molecule is CCOC(=O)c1ccc(S(=O)(=O)N2CCC(C(=O)N(C)C3CCc4ccccc43)CC2)cc1. The molecule has 2 aromatic rings. The minimum Gasteiger partial charge on any atom is -0.462 e. The van der Waals surface area contributed by atoms with E-state index in [-0.39, 0.29) is 29.4 Å². The second kappa shape index (κ2) is 9.65. The second-order valence-corrected chi connectivity index (χ2v) is 10.6. The standard InChI is InChI=1S/C25H30N2O5S/c1-3-32-25(29)20-8-11-21(12-9-20)33(30,31)27-16-14-19(15-17-27)24(28)26(2)23-13-10-18-6-4-5-7-22(18)23/h4-9,11-12,19,23H,3,10,13-17H2,1-2H3. The number of hydrogen-bond donors (Lipinski definition) is 0. The molecule has 1 atom stereocenters. The lowest BCUT2D eigenvalue weighted by molar-refractivity contribution is -0.137. The number of benzene rings is 2. The Bertz CT molecular complexity index is 1120. The molecule has 0 N–H and O–H groups in total. The molecular weight excluding hydrogens is 440 g/mol. The molecule has 0 aromatic heterocycles. The number of fused-ring (bicyclic) bond motifs is 1. The first-order chi connectivity index (χ1) is 15.8. The quantitative estimate of drug-likeness (QED) is 0.604. The number of carbonyl (C=O) groups excluding carboxylic acids is 2. The summed E-state index contributed by atoms with van der Waals surface area (Å²) in [4.78, 5) is 27.0. The monoisotopic (exact) mass is 470 g/mol. The number of piperidine rings is 1. The lowest BCUT2D eigenvalue weighted by atomic mass is 9.95. The highest BCUT2D eigenvalue weighted by Crippen LogP contribution is 2.36. The smallest absolute Gasteiger partial charge is 0.338 e. The Kier molecular flexibility index (Phi) is 6.86. The number of hydrogen-bond acceptors (Lipinski definition) is 5. The van der Waals surface area contributed by atoms with E-state index in [1.54, 1.807) is 6.92 Å². The number of ether oxygens (including phenoxy) is 1. The van der Waals surface area contributed by atoms with Crippen molar-refractivity contribution in [1.82, 2.24) is 9.21 Å². The minimum atomic E-state index is -3.69. The fourth-order valence-corrected chi connectivity index (χ4v) is 6.32. The van der Waals surface area contributed by atoms with Crippen LogP contribution in [-0.4, -0.2) is 56.2 Å². The van der Waals surface area contributed by atoms with Gasteiger partial charge in [-0.2, -0.15) is 4.31 Å². The first-order valence-electron chi connectivity index (χ1n) is 11.4. The predicted octanol–water partition coefficient (Wildman–Crippen LogP) is 3.41. The normalized spacial score (nSPS) is 19.2. The van der Waals surface area contributed by atoms with E-state index < -0.39 is 16.0 Å². The minimum absolute atomic E-state index is 0.0903. The molecule has 2 aromatic carbocycles. The molecule has 0 radical (unpaired) electrons. The lowest BCUT2D eigenvalue weighted by Gasteiger charge is -2.34. The summed E-state index contributed by atoms with van der Waals surface area (Å²) in [6, 6.07) is 14.2. The predicted molar refractivity (Wildman–Crippen MR) is 124 cm³/mol. The third kappa shape index (κ3) is 4.68. The zero-order chi connectivity index (χ0) is 23.6. The van der Waals surface area contributed by atoms with Gasteiger partial charge in [0, 0.05) is 26.1 Å². The van der Waals surface area contributed by atoms with Crippen molar-refractivity contribution in [3.8, 4) is 0 Å². The van der Waals surface area contributed by atoms with Gasteiger partial charge in [-0.1, -0.05) is 24.3 Å². The van der Waals surface area contributed by atoms with Crippen LogP contribution in [0, 0.1) is 5.92 Å². The van der Waals surface area contributed by atoms with Crippen LogP contribution in [0.1, 0.15) is 53.7 Å². The van der Waals surface area contributed by atoms with Gasteiger partial charge in [-0.3, -0.25) is 4.79 Å². The molecule has 4 rings (SSSR count). The van der Waals surface area contributed by atoms with E-state index in [1.807, 2.05) is 24.1 Å². The Morgan fingerprint density at radius 2 is 1.70 bits per heavy atom. The Morgan fingerprint density at radius 1 is 1.03 bits per heavy atom. The summed E-state index contributed by atoms with van der Waals surface area (Å²) in [6.07, 6.45) is 2.90. The number of carbonyl (C=O) groups is 2. The van der Waals surface area contributed by atoms with E-state index in [1.165, 1.54) is 39.7 Å². The Labute approximate surface area is 195 Å². The number of rotatable bonds is 6. The van der Waals surface area contributed by atoms with Crippen molar-refractivity contribution in [3.63, 3.8) is 0 Å². The Hall–Kier alpha value is -2.71. The Balaban J connectivity index is 1.38. The average Bonchev–Trinajstić information content (AvgIpc) is 3.27. The highest BCUT2D eigenvalue weighted by molar-refractivity contribution is 7.89. The van der Waals surface area contributed by atoms with Gasteiger partial charge in [0.25, 0.3) is 0 Å². The van der Waals surface area contributed by atoms with Crippen LogP contribution in [-0.2, 0) is 26.0 Å². The summed E-state index contributed by atoms with van der Waals surface area (Å²) in [5, 5.41) is 0. The van der Waals surface area contributed by atoms with Gasteiger partial charge in [-0.05, 0) is 68.0 Å². The maximum Gasteiger partial charge on any atom is 0.338 e. The first kappa shape index (κ1) is 23.4. The van der Waals surface area contributed by atoms with Crippen molar-refractivity contribution in [2.45, 2.75) is 43.5 Å². The molecule has 2 aliphatic rings. The highest BCUT2D eigenvalue weighted by atomic mass is 32.2. The number of esters is 1. The molecule has 1 aliphatic carbocycles. The van der Waals surface area contributed by atoms with Gasteiger partial charge in [-0.15, -0.1) is 0 Å². The highest BCUT2D eigenvalue weighted by Gasteiger charge is 2.36. The van der Waals surface area contributed by atoms with Crippen molar-refractivity contribution < 1.29 is 22.7 Å². The molecule has 33 heavy (non-hydrogen) atoms. The summed E-state index contributed by atoms with van der Waals surface area (Å²) in [5.74, 6) is -0.567. The van der Waals surface area contributed by atoms with Gasteiger partial charge in [0.15, 0.2) is 0 Å². The zero-order valence-electron chi connectivity index (χ0n) is 19.1. The third-order valence-corrected chi connectivity index (χ3v) is 8.64. The molecule has 1 saturated heterocycles. The number of nitrogens with zero attached hydrogens (tertiary/aromatic N) is 2. The van der Waals surface area contributed by atoms with Crippen molar-refractivity contribution in [2.75, 3.05) is 26.7 Å². The van der Waals surface area contributed by atoms with Crippen LogP contribution in [0.3, 0.4) is 0 Å². The van der Waals surface area contributed by atoms with E-state index in [4.69, 9.17) is 4.74 Å². The summed E-state index contributed by atoms with van der Waals surface area (Å²) < 4.78 is 32.5. The maximum atomic E-state index is 13.2. The summed E-state index contributed by atoms with van der Waals surface area (Å²) in [5.41, 5.74) is 2.84. The first-order valence-corrected chi connectivity index (χ1v) is 12.9. The van der Waals surface area contributed by atoms with Crippen LogP contribution >= 0.6 is 0 Å². The molecule has 0 bridgehead atoms. The fraction of sp³-hybridized carbons (Fsp3) is 0.440. The van der Waals surface area contributed by atoms with Crippen molar-refractivity contribution in [2.24, 2.45) is 5.92 Å². The largest absolute Gasteiger partial charge is 0.462 e. The van der Waals surface area contributed by atoms with Gasteiger partial charge >= 0.3 is 5.97 Å². The van der Waals surface area contributed by atoms with E-state index in [0.717, 1.165) is 12.8 Å². The molecule has 8 heteroatoms. The molecule has 1 amide bonds. The van der Waals surface area contributed by atoms with Gasteiger partial charge < -0.3 is 9.64 Å². The van der Waals surface area contributed by atoms with Crippen LogP contribution in [0.25, 0.3) is 0 Å². The molecule has 176 valence electrons. The topological polar surface area (TPSA) is 84.0 Å². The third-order valence-electron chi connectivity index (χ3n) is 6.72. The average molecular weight is 471 g/mol. The summed E-state index contributed by atoms with van der Waals surface area (Å²) >= 11 is 0. The fourth-order valence-electron chi connectivity index (χ4n) is 4.85. The van der Waals surface area contributed by atoms with Crippen LogP contribution in [0.5, 0.6) is 0 Å². The second-order valence-electron chi connectivity index (χ2n) is 8.63. The van der Waals surface area contributed by atoms with Gasteiger partial charge in [0.1, 0.15) is 0 Å². The molecule has 1 unspecified atom stereocenters.